The molecule has 0 radical (unpaired) electrons. The molecule has 0 aromatic rings. The predicted octanol–water partition coefficient (Wildman–Crippen LogP) is 2.35. The lowest BCUT2D eigenvalue weighted by atomic mass is 9.85. The van der Waals surface area contributed by atoms with Crippen molar-refractivity contribution in [3.8, 4) is 0 Å². The molecule has 5 nitrogen and oxygen atoms in total. The number of hydrogen-bond donors (Lipinski definition) is 2. The molecule has 2 saturated carbocycles. The van der Waals surface area contributed by atoms with E-state index in [9.17, 15) is 9.59 Å². The van der Waals surface area contributed by atoms with E-state index in [2.05, 4.69) is 10.6 Å². The van der Waals surface area contributed by atoms with Gasteiger partial charge in [-0.1, -0.05) is 0 Å². The van der Waals surface area contributed by atoms with Gasteiger partial charge in [-0.3, -0.25) is 4.79 Å². The third-order valence-corrected chi connectivity index (χ3v) is 3.74. The normalized spacial score (nSPS) is 26.8. The van der Waals surface area contributed by atoms with E-state index < -0.39 is 5.60 Å². The van der Waals surface area contributed by atoms with Crippen molar-refractivity contribution in [1.82, 2.24) is 10.6 Å². The van der Waals surface area contributed by atoms with E-state index in [0.29, 0.717) is 6.04 Å². The van der Waals surface area contributed by atoms with Crippen LogP contribution in [0.1, 0.15) is 59.3 Å². The molecule has 2 N–H and O–H groups in total. The number of nitrogens with one attached hydrogen (secondary N) is 2. The summed E-state index contributed by atoms with van der Waals surface area (Å²) in [6.07, 6.45) is 5.29. The summed E-state index contributed by atoms with van der Waals surface area (Å²) in [4.78, 5) is 23.6. The summed E-state index contributed by atoms with van der Waals surface area (Å²) in [6.45, 7) is 5.56. The summed E-state index contributed by atoms with van der Waals surface area (Å²) >= 11 is 0. The molecule has 5 heteroatoms. The first-order valence-corrected chi connectivity index (χ1v) is 7.63. The second-order valence-electron chi connectivity index (χ2n) is 6.98. The molecule has 0 aromatic heterocycles. The van der Waals surface area contributed by atoms with Gasteiger partial charge in [0.1, 0.15) is 5.60 Å². The minimum Gasteiger partial charge on any atom is -0.444 e. The summed E-state index contributed by atoms with van der Waals surface area (Å²) in [5.74, 6) is 0.315. The third kappa shape index (κ3) is 5.02. The monoisotopic (exact) mass is 282 g/mol. The van der Waals surface area contributed by atoms with Gasteiger partial charge in [0.05, 0.1) is 0 Å². The second kappa shape index (κ2) is 6.02. The van der Waals surface area contributed by atoms with E-state index in [0.717, 1.165) is 38.5 Å². The molecule has 20 heavy (non-hydrogen) atoms. The molecule has 0 bridgehead atoms. The van der Waals surface area contributed by atoms with Gasteiger partial charge in [0.2, 0.25) is 5.91 Å². The molecule has 2 rings (SSSR count). The molecule has 0 atom stereocenters. The van der Waals surface area contributed by atoms with Crippen LogP contribution in [-0.2, 0) is 9.53 Å². The number of ether oxygens (including phenoxy) is 1. The van der Waals surface area contributed by atoms with Gasteiger partial charge in [0.25, 0.3) is 0 Å². The Morgan fingerprint density at radius 3 is 1.90 bits per heavy atom. The Hall–Kier alpha value is -1.26. The number of hydrogen-bond acceptors (Lipinski definition) is 3. The number of rotatable bonds is 3. The number of amides is 2. The maximum absolute atomic E-state index is 11.9. The molecular formula is C15H26N2O3. The van der Waals surface area contributed by atoms with Crippen LogP contribution in [0, 0.1) is 5.92 Å². The highest BCUT2D eigenvalue weighted by Crippen LogP contribution is 2.26. The minimum absolute atomic E-state index is 0.118. The van der Waals surface area contributed by atoms with Crippen LogP contribution in [0.15, 0.2) is 0 Å². The zero-order chi connectivity index (χ0) is 14.8. The lowest BCUT2D eigenvalue weighted by Gasteiger charge is -2.29. The fraction of sp³-hybridized carbons (Fsp3) is 0.867. The van der Waals surface area contributed by atoms with Crippen molar-refractivity contribution in [2.75, 3.05) is 0 Å². The Bertz CT molecular complexity index is 364. The molecule has 0 aromatic carbocycles. The maximum Gasteiger partial charge on any atom is 0.407 e. The first-order chi connectivity index (χ1) is 9.33. The molecule has 2 aliphatic rings. The number of carbonyl (C=O) groups excluding carboxylic acids is 2. The van der Waals surface area contributed by atoms with E-state index in [1.54, 1.807) is 0 Å². The summed E-state index contributed by atoms with van der Waals surface area (Å²) in [7, 11) is 0. The van der Waals surface area contributed by atoms with Crippen molar-refractivity contribution < 1.29 is 14.3 Å². The van der Waals surface area contributed by atoms with Gasteiger partial charge in [-0.05, 0) is 59.3 Å². The van der Waals surface area contributed by atoms with Gasteiger partial charge in [0.15, 0.2) is 0 Å². The Balaban J connectivity index is 1.68. The van der Waals surface area contributed by atoms with Crippen molar-refractivity contribution in [2.45, 2.75) is 77.0 Å². The number of alkyl carbamates (subject to hydrolysis) is 1. The van der Waals surface area contributed by atoms with Gasteiger partial charge in [-0.2, -0.15) is 0 Å². The molecular weight excluding hydrogens is 256 g/mol. The SMILES string of the molecule is CC(C)(C)OC(=O)NC1CCC(C(=O)NC2CC2)CC1. The van der Waals surface area contributed by atoms with Crippen LogP contribution in [0.3, 0.4) is 0 Å². The molecule has 114 valence electrons. The van der Waals surface area contributed by atoms with Gasteiger partial charge in [-0.25, -0.2) is 4.79 Å². The maximum atomic E-state index is 11.9. The molecule has 0 spiro atoms. The molecule has 0 aliphatic heterocycles. The van der Waals surface area contributed by atoms with E-state index in [1.807, 2.05) is 20.8 Å². The van der Waals surface area contributed by atoms with E-state index in [4.69, 9.17) is 4.74 Å². The first-order valence-electron chi connectivity index (χ1n) is 7.63. The van der Waals surface area contributed by atoms with Crippen molar-refractivity contribution >= 4 is 12.0 Å². The minimum atomic E-state index is -0.467. The predicted molar refractivity (Wildman–Crippen MR) is 76.3 cm³/mol. The second-order valence-corrected chi connectivity index (χ2v) is 6.98. The van der Waals surface area contributed by atoms with Crippen LogP contribution < -0.4 is 10.6 Å². The van der Waals surface area contributed by atoms with Crippen molar-refractivity contribution in [2.24, 2.45) is 5.92 Å². The lowest BCUT2D eigenvalue weighted by Crippen LogP contribution is -2.43. The summed E-state index contributed by atoms with van der Waals surface area (Å²) in [5.41, 5.74) is -0.467. The van der Waals surface area contributed by atoms with E-state index >= 15 is 0 Å². The van der Waals surface area contributed by atoms with Gasteiger partial charge < -0.3 is 15.4 Å². The van der Waals surface area contributed by atoms with Crippen LogP contribution in [0.2, 0.25) is 0 Å². The van der Waals surface area contributed by atoms with Crippen LogP contribution in [0.5, 0.6) is 0 Å². The lowest BCUT2D eigenvalue weighted by molar-refractivity contribution is -0.126. The molecule has 2 aliphatic carbocycles. The van der Waals surface area contributed by atoms with Crippen LogP contribution in [0.25, 0.3) is 0 Å². The quantitative estimate of drug-likeness (QED) is 0.835. The zero-order valence-corrected chi connectivity index (χ0v) is 12.7. The highest BCUT2D eigenvalue weighted by Gasteiger charge is 2.31. The van der Waals surface area contributed by atoms with E-state index in [-0.39, 0.29) is 24.0 Å². The van der Waals surface area contributed by atoms with Crippen LogP contribution in [-0.4, -0.2) is 29.7 Å². The van der Waals surface area contributed by atoms with Gasteiger partial charge in [0, 0.05) is 18.0 Å². The Labute approximate surface area is 120 Å². The standard InChI is InChI=1S/C15H26N2O3/c1-15(2,3)20-14(19)17-12-6-4-10(5-7-12)13(18)16-11-8-9-11/h10-12H,4-9H2,1-3H3,(H,16,18)(H,17,19). The van der Waals surface area contributed by atoms with Crippen molar-refractivity contribution in [1.29, 1.82) is 0 Å². The summed E-state index contributed by atoms with van der Waals surface area (Å²) in [5, 5.41) is 5.95. The van der Waals surface area contributed by atoms with Crippen LogP contribution in [0.4, 0.5) is 4.79 Å². The topological polar surface area (TPSA) is 67.4 Å². The molecule has 2 amide bonds. The Morgan fingerprint density at radius 1 is 0.900 bits per heavy atom. The van der Waals surface area contributed by atoms with Crippen molar-refractivity contribution in [3.05, 3.63) is 0 Å². The average molecular weight is 282 g/mol. The third-order valence-electron chi connectivity index (χ3n) is 3.74. The molecule has 0 saturated heterocycles. The fourth-order valence-electron chi connectivity index (χ4n) is 2.52. The van der Waals surface area contributed by atoms with E-state index in [1.165, 1.54) is 0 Å². The van der Waals surface area contributed by atoms with Gasteiger partial charge >= 0.3 is 6.09 Å². The number of carbonyl (C=O) groups is 2. The first kappa shape index (κ1) is 15.1. The Kier molecular flexibility index (Phi) is 4.55. The molecule has 0 heterocycles. The fourth-order valence-corrected chi connectivity index (χ4v) is 2.52. The summed E-state index contributed by atoms with van der Waals surface area (Å²) in [6, 6.07) is 0.565. The van der Waals surface area contributed by atoms with Crippen LogP contribution >= 0.6 is 0 Å². The largest absolute Gasteiger partial charge is 0.444 e. The Morgan fingerprint density at radius 2 is 1.40 bits per heavy atom. The van der Waals surface area contributed by atoms with Gasteiger partial charge in [-0.15, -0.1) is 0 Å². The molecule has 2 fully saturated rings. The highest BCUT2D eigenvalue weighted by atomic mass is 16.6. The highest BCUT2D eigenvalue weighted by molar-refractivity contribution is 5.79. The summed E-state index contributed by atoms with van der Waals surface area (Å²) < 4.78 is 5.25. The smallest absolute Gasteiger partial charge is 0.407 e. The van der Waals surface area contributed by atoms with Crippen molar-refractivity contribution in [3.63, 3.8) is 0 Å². The zero-order valence-electron chi connectivity index (χ0n) is 12.7. The average Bonchev–Trinajstić information content (AvgIpc) is 3.11. The molecule has 0 unspecified atom stereocenters.